The molecular formula is C24H17Cl2N3O3S. The summed E-state index contributed by atoms with van der Waals surface area (Å²) < 4.78 is 5.23. The van der Waals surface area contributed by atoms with Crippen LogP contribution in [0.3, 0.4) is 0 Å². The van der Waals surface area contributed by atoms with E-state index in [2.05, 4.69) is 5.32 Å². The Kier molecular flexibility index (Phi) is 7.09. The van der Waals surface area contributed by atoms with Gasteiger partial charge in [0.2, 0.25) is 5.91 Å². The second kappa shape index (κ2) is 10.2. The average Bonchev–Trinajstić information content (AvgIpc) is 3.44. The van der Waals surface area contributed by atoms with Crippen LogP contribution in [0, 0.1) is 11.3 Å². The van der Waals surface area contributed by atoms with Gasteiger partial charge in [0.05, 0.1) is 18.1 Å². The minimum Gasteiger partial charge on any atom is -0.467 e. The molecule has 1 aliphatic rings. The maximum Gasteiger partial charge on any atom is 0.265 e. The van der Waals surface area contributed by atoms with Crippen LogP contribution in [-0.4, -0.2) is 17.1 Å². The van der Waals surface area contributed by atoms with Gasteiger partial charge in [-0.25, -0.2) is 0 Å². The number of thioether (sulfide) groups is 1. The lowest BCUT2D eigenvalue weighted by molar-refractivity contribution is -0.117. The van der Waals surface area contributed by atoms with Crippen LogP contribution >= 0.6 is 35.0 Å². The highest BCUT2D eigenvalue weighted by atomic mass is 35.5. The van der Waals surface area contributed by atoms with Crippen molar-refractivity contribution in [2.45, 2.75) is 18.2 Å². The van der Waals surface area contributed by atoms with Gasteiger partial charge in [0, 0.05) is 15.7 Å². The molecule has 0 radical (unpaired) electrons. The Labute approximate surface area is 204 Å². The first-order chi connectivity index (χ1) is 16.0. The fourth-order valence-electron chi connectivity index (χ4n) is 3.37. The van der Waals surface area contributed by atoms with E-state index in [1.807, 2.05) is 12.1 Å². The molecule has 0 spiro atoms. The quantitative estimate of drug-likeness (QED) is 0.367. The molecule has 2 aromatic carbocycles. The summed E-state index contributed by atoms with van der Waals surface area (Å²) in [6, 6.07) is 19.4. The number of hydrogen-bond donors (Lipinski definition) is 1. The molecule has 0 saturated carbocycles. The van der Waals surface area contributed by atoms with Crippen molar-refractivity contribution in [3.8, 4) is 6.07 Å². The third-order valence-electron chi connectivity index (χ3n) is 4.94. The molecule has 166 valence electrons. The smallest absolute Gasteiger partial charge is 0.265 e. The van der Waals surface area contributed by atoms with Gasteiger partial charge in [0.15, 0.2) is 0 Å². The van der Waals surface area contributed by atoms with Crippen LogP contribution in [0.5, 0.6) is 0 Å². The van der Waals surface area contributed by atoms with E-state index in [1.54, 1.807) is 54.6 Å². The van der Waals surface area contributed by atoms with Crippen molar-refractivity contribution in [3.05, 3.63) is 98.9 Å². The van der Waals surface area contributed by atoms with Gasteiger partial charge >= 0.3 is 0 Å². The lowest BCUT2D eigenvalue weighted by Crippen LogP contribution is -2.32. The number of nitrogens with one attached hydrogen (secondary N) is 1. The van der Waals surface area contributed by atoms with E-state index in [0.717, 1.165) is 11.8 Å². The largest absolute Gasteiger partial charge is 0.467 e. The van der Waals surface area contributed by atoms with Crippen molar-refractivity contribution in [2.75, 3.05) is 4.90 Å². The van der Waals surface area contributed by atoms with Gasteiger partial charge in [-0.1, -0.05) is 53.2 Å². The maximum absolute atomic E-state index is 13.4. The first-order valence-corrected chi connectivity index (χ1v) is 11.6. The van der Waals surface area contributed by atoms with Crippen molar-refractivity contribution in [3.63, 3.8) is 0 Å². The Bertz CT molecular complexity index is 1250. The predicted octanol–water partition coefficient (Wildman–Crippen LogP) is 5.33. The standard InChI is InChI=1S/C24H17Cl2N3O3S/c25-16-8-9-20(26)15(11-16)12-21-23(31)29(17-5-2-1-3-6-17)24(33-21)19(13-27)22(30)28-14-18-7-4-10-32-18/h1-11,21H,12,14H2,(H,28,30)/b24-19-. The summed E-state index contributed by atoms with van der Waals surface area (Å²) in [6.45, 7) is 0.121. The van der Waals surface area contributed by atoms with Crippen molar-refractivity contribution in [1.29, 1.82) is 5.26 Å². The Morgan fingerprint density at radius 2 is 1.94 bits per heavy atom. The minimum absolute atomic E-state index is 0.121. The van der Waals surface area contributed by atoms with E-state index in [1.165, 1.54) is 11.2 Å². The molecule has 1 N–H and O–H groups in total. The maximum atomic E-state index is 13.4. The SMILES string of the molecule is N#C/C(C(=O)NCc1ccco1)=C1/SC(Cc2cc(Cl)ccc2Cl)C(=O)N1c1ccccc1. The topological polar surface area (TPSA) is 86.3 Å². The van der Waals surface area contributed by atoms with Crippen molar-refractivity contribution in [1.82, 2.24) is 5.32 Å². The number of rotatable bonds is 6. The lowest BCUT2D eigenvalue weighted by Gasteiger charge is -2.18. The number of halogens is 2. The van der Waals surface area contributed by atoms with Crippen LogP contribution < -0.4 is 10.2 Å². The Morgan fingerprint density at radius 1 is 1.15 bits per heavy atom. The second-order valence-electron chi connectivity index (χ2n) is 7.11. The normalized spacial score (nSPS) is 17.1. The molecule has 1 atom stereocenters. The summed E-state index contributed by atoms with van der Waals surface area (Å²) in [5.41, 5.74) is 1.13. The zero-order valence-corrected chi connectivity index (χ0v) is 19.5. The summed E-state index contributed by atoms with van der Waals surface area (Å²) in [5.74, 6) is -0.287. The summed E-state index contributed by atoms with van der Waals surface area (Å²) in [7, 11) is 0. The fourth-order valence-corrected chi connectivity index (χ4v) is 5.05. The molecule has 6 nitrogen and oxygen atoms in total. The molecule has 1 aliphatic heterocycles. The third-order valence-corrected chi connectivity index (χ3v) is 6.80. The molecule has 1 aromatic heterocycles. The first-order valence-electron chi connectivity index (χ1n) is 9.92. The lowest BCUT2D eigenvalue weighted by atomic mass is 10.1. The van der Waals surface area contributed by atoms with Gasteiger partial charge < -0.3 is 9.73 Å². The summed E-state index contributed by atoms with van der Waals surface area (Å²) in [4.78, 5) is 27.7. The van der Waals surface area contributed by atoms with E-state index < -0.39 is 11.2 Å². The van der Waals surface area contributed by atoms with Crippen LogP contribution in [-0.2, 0) is 22.6 Å². The molecule has 1 fully saturated rings. The number of nitriles is 1. The molecule has 33 heavy (non-hydrogen) atoms. The van der Waals surface area contributed by atoms with Crippen molar-refractivity contribution in [2.24, 2.45) is 0 Å². The van der Waals surface area contributed by atoms with Gasteiger partial charge in [-0.2, -0.15) is 5.26 Å². The fraction of sp³-hybridized carbons (Fsp3) is 0.125. The summed E-state index contributed by atoms with van der Waals surface area (Å²) in [6.07, 6.45) is 1.79. The number of hydrogen-bond acceptors (Lipinski definition) is 5. The van der Waals surface area contributed by atoms with Crippen LogP contribution in [0.2, 0.25) is 10.0 Å². The predicted molar refractivity (Wildman–Crippen MR) is 129 cm³/mol. The Morgan fingerprint density at radius 3 is 2.64 bits per heavy atom. The molecule has 2 heterocycles. The van der Waals surface area contributed by atoms with Crippen LogP contribution in [0.4, 0.5) is 5.69 Å². The first kappa shape index (κ1) is 23.0. The molecule has 1 unspecified atom stereocenters. The van der Waals surface area contributed by atoms with Crippen LogP contribution in [0.15, 0.2) is 81.9 Å². The molecule has 9 heteroatoms. The Hall–Kier alpha value is -3.18. The summed E-state index contributed by atoms with van der Waals surface area (Å²) >= 11 is 13.6. The van der Waals surface area contributed by atoms with Gasteiger partial charge in [0.1, 0.15) is 22.4 Å². The number of benzene rings is 2. The van der Waals surface area contributed by atoms with Crippen LogP contribution in [0.1, 0.15) is 11.3 Å². The van der Waals surface area contributed by atoms with E-state index in [9.17, 15) is 14.9 Å². The molecular weight excluding hydrogens is 481 g/mol. The monoisotopic (exact) mass is 497 g/mol. The highest BCUT2D eigenvalue weighted by Crippen LogP contribution is 2.42. The van der Waals surface area contributed by atoms with E-state index in [0.29, 0.717) is 33.5 Å². The number of carbonyl (C=O) groups is 2. The molecule has 0 aliphatic carbocycles. The van der Waals surface area contributed by atoms with Crippen molar-refractivity contribution < 1.29 is 14.0 Å². The van der Waals surface area contributed by atoms with E-state index >= 15 is 0 Å². The highest BCUT2D eigenvalue weighted by Gasteiger charge is 2.41. The summed E-state index contributed by atoms with van der Waals surface area (Å²) in [5, 5.41) is 13.2. The average molecular weight is 498 g/mol. The van der Waals surface area contributed by atoms with Gasteiger partial charge in [-0.15, -0.1) is 0 Å². The number of anilines is 1. The molecule has 0 bridgehead atoms. The number of furan rings is 1. The number of nitrogens with zero attached hydrogens (tertiary/aromatic N) is 2. The van der Waals surface area contributed by atoms with Gasteiger partial charge in [-0.3, -0.25) is 14.5 Å². The number of para-hydroxylation sites is 1. The van der Waals surface area contributed by atoms with Crippen molar-refractivity contribution >= 4 is 52.5 Å². The number of carbonyl (C=O) groups excluding carboxylic acids is 2. The van der Waals surface area contributed by atoms with Gasteiger partial charge in [-0.05, 0) is 54.4 Å². The second-order valence-corrected chi connectivity index (χ2v) is 9.14. The molecule has 1 saturated heterocycles. The van der Waals surface area contributed by atoms with Gasteiger partial charge in [0.25, 0.3) is 5.91 Å². The zero-order chi connectivity index (χ0) is 23.4. The molecule has 4 rings (SSSR count). The number of amides is 2. The molecule has 2 amide bonds. The third kappa shape index (κ3) is 5.09. The Balaban J connectivity index is 1.68. The van der Waals surface area contributed by atoms with E-state index in [4.69, 9.17) is 27.6 Å². The minimum atomic E-state index is -0.591. The van der Waals surface area contributed by atoms with Crippen LogP contribution in [0.25, 0.3) is 0 Å². The zero-order valence-electron chi connectivity index (χ0n) is 17.1. The van der Waals surface area contributed by atoms with E-state index in [-0.39, 0.29) is 23.1 Å². The molecule has 3 aromatic rings. The highest BCUT2D eigenvalue weighted by molar-refractivity contribution is 8.05.